The summed E-state index contributed by atoms with van der Waals surface area (Å²) in [5.41, 5.74) is 0.136. The maximum atomic E-state index is 11.5. The molecule has 0 aliphatic carbocycles. The smallest absolute Gasteiger partial charge is 0.238 e. The van der Waals surface area contributed by atoms with Crippen LogP contribution in [0.4, 0.5) is 5.69 Å². The third-order valence-corrected chi connectivity index (χ3v) is 3.63. The van der Waals surface area contributed by atoms with Gasteiger partial charge < -0.3 is 10.1 Å². The van der Waals surface area contributed by atoms with Gasteiger partial charge in [-0.25, -0.2) is 13.6 Å². The number of amides is 1. The van der Waals surface area contributed by atoms with Crippen molar-refractivity contribution in [1.82, 2.24) is 0 Å². The third kappa shape index (κ3) is 4.63. The van der Waals surface area contributed by atoms with Crippen LogP contribution in [0, 0.1) is 0 Å². The van der Waals surface area contributed by atoms with Gasteiger partial charge in [-0.15, -0.1) is 0 Å². The summed E-state index contributed by atoms with van der Waals surface area (Å²) in [6.07, 6.45) is 0.125. The van der Waals surface area contributed by atoms with Crippen LogP contribution < -0.4 is 10.5 Å². The Morgan fingerprint density at radius 3 is 2.32 bits per heavy atom. The monoisotopic (exact) mass is 326 g/mol. The highest BCUT2D eigenvalue weighted by Crippen LogP contribution is 2.33. The van der Waals surface area contributed by atoms with Gasteiger partial charge in [0.15, 0.2) is 0 Å². The lowest BCUT2D eigenvalue weighted by molar-refractivity contribution is -0.117. The molecule has 1 amide bonds. The molecule has 0 atom stereocenters. The minimum atomic E-state index is -3.91. The highest BCUT2D eigenvalue weighted by Gasteiger charge is 2.16. The number of anilines is 1. The Morgan fingerprint density at radius 2 is 1.89 bits per heavy atom. The van der Waals surface area contributed by atoms with Crippen LogP contribution >= 0.6 is 23.2 Å². The maximum absolute atomic E-state index is 11.5. The molecule has 106 valence electrons. The SMILES string of the molecule is COCCC(=O)Nc1c(Cl)cc(S(N)(=O)=O)cc1Cl. The number of sulfonamides is 1. The zero-order chi connectivity index (χ0) is 14.6. The fourth-order valence-electron chi connectivity index (χ4n) is 1.23. The molecule has 0 saturated heterocycles. The molecule has 0 aliphatic heterocycles. The van der Waals surface area contributed by atoms with Gasteiger partial charge in [0.05, 0.1) is 33.7 Å². The van der Waals surface area contributed by atoms with Crippen molar-refractivity contribution in [3.8, 4) is 0 Å². The number of methoxy groups -OCH3 is 1. The van der Waals surface area contributed by atoms with Crippen molar-refractivity contribution >= 4 is 44.8 Å². The Bertz CT molecular complexity index is 566. The van der Waals surface area contributed by atoms with Gasteiger partial charge in [0.2, 0.25) is 15.9 Å². The molecular formula is C10H12Cl2N2O4S. The summed E-state index contributed by atoms with van der Waals surface area (Å²) in [7, 11) is -2.44. The van der Waals surface area contributed by atoms with Crippen molar-refractivity contribution in [2.45, 2.75) is 11.3 Å². The van der Waals surface area contributed by atoms with Crippen LogP contribution in [0.25, 0.3) is 0 Å². The summed E-state index contributed by atoms with van der Waals surface area (Å²) < 4.78 is 27.1. The number of hydrogen-bond acceptors (Lipinski definition) is 4. The first kappa shape index (κ1) is 16.2. The number of hydrogen-bond donors (Lipinski definition) is 2. The largest absolute Gasteiger partial charge is 0.384 e. The number of rotatable bonds is 5. The number of primary sulfonamides is 1. The summed E-state index contributed by atoms with van der Waals surface area (Å²) in [6.45, 7) is 0.246. The molecule has 0 unspecified atom stereocenters. The highest BCUT2D eigenvalue weighted by atomic mass is 35.5. The van der Waals surface area contributed by atoms with Gasteiger partial charge in [-0.2, -0.15) is 0 Å². The second-order valence-corrected chi connectivity index (χ2v) is 5.97. The molecule has 3 N–H and O–H groups in total. The summed E-state index contributed by atoms with van der Waals surface area (Å²) >= 11 is 11.7. The fourth-order valence-corrected chi connectivity index (χ4v) is 2.51. The van der Waals surface area contributed by atoms with E-state index in [0.29, 0.717) is 0 Å². The van der Waals surface area contributed by atoms with Crippen molar-refractivity contribution in [2.75, 3.05) is 19.0 Å². The molecule has 19 heavy (non-hydrogen) atoms. The van der Waals surface area contributed by atoms with Crippen LogP contribution in [-0.4, -0.2) is 28.0 Å². The lowest BCUT2D eigenvalue weighted by atomic mass is 10.3. The number of ether oxygens (including phenoxy) is 1. The van der Waals surface area contributed by atoms with Crippen molar-refractivity contribution in [3.05, 3.63) is 22.2 Å². The van der Waals surface area contributed by atoms with E-state index < -0.39 is 10.0 Å². The van der Waals surface area contributed by atoms with Crippen LogP contribution in [0.3, 0.4) is 0 Å². The Kier molecular flexibility index (Phi) is 5.57. The Morgan fingerprint density at radius 1 is 1.37 bits per heavy atom. The predicted octanol–water partition coefficient (Wildman–Crippen LogP) is 1.62. The quantitative estimate of drug-likeness (QED) is 0.858. The number of halogens is 2. The number of nitrogens with one attached hydrogen (secondary N) is 1. The van der Waals surface area contributed by atoms with Gasteiger partial charge in [-0.3, -0.25) is 4.79 Å². The van der Waals surface area contributed by atoms with E-state index in [1.807, 2.05) is 0 Å². The molecule has 1 aromatic rings. The van der Waals surface area contributed by atoms with Crippen LogP contribution in [0.5, 0.6) is 0 Å². The van der Waals surface area contributed by atoms with E-state index in [4.69, 9.17) is 33.1 Å². The lowest BCUT2D eigenvalue weighted by Crippen LogP contribution is -2.15. The molecule has 1 rings (SSSR count). The molecule has 0 bridgehead atoms. The van der Waals surface area contributed by atoms with Gasteiger partial charge in [-0.1, -0.05) is 23.2 Å². The van der Waals surface area contributed by atoms with E-state index in [1.54, 1.807) is 0 Å². The van der Waals surface area contributed by atoms with Gasteiger partial charge in [-0.05, 0) is 12.1 Å². The minimum absolute atomic E-state index is 0.0118. The van der Waals surface area contributed by atoms with Crippen LogP contribution in [0.2, 0.25) is 10.0 Å². The molecule has 0 heterocycles. The molecule has 0 saturated carbocycles. The van der Waals surface area contributed by atoms with Gasteiger partial charge in [0.1, 0.15) is 0 Å². The van der Waals surface area contributed by atoms with Crippen LogP contribution in [0.1, 0.15) is 6.42 Å². The summed E-state index contributed by atoms with van der Waals surface area (Å²) in [5, 5.41) is 7.41. The van der Waals surface area contributed by atoms with Crippen LogP contribution in [0.15, 0.2) is 17.0 Å². The molecule has 0 aromatic heterocycles. The molecule has 0 radical (unpaired) electrons. The topological polar surface area (TPSA) is 98.5 Å². The standard InChI is InChI=1S/C10H12Cl2N2O4S/c1-18-3-2-9(15)14-10-7(11)4-6(5-8(10)12)19(13,16)17/h4-5H,2-3H2,1H3,(H,14,15)(H2,13,16,17). The normalized spacial score (nSPS) is 11.4. The lowest BCUT2D eigenvalue weighted by Gasteiger charge is -2.10. The Labute approximate surface area is 120 Å². The second-order valence-electron chi connectivity index (χ2n) is 3.60. The van der Waals surface area contributed by atoms with E-state index in [0.717, 1.165) is 12.1 Å². The Balaban J connectivity index is 3.01. The number of carbonyl (C=O) groups is 1. The zero-order valence-corrected chi connectivity index (χ0v) is 12.3. The van der Waals surface area contributed by atoms with Crippen LogP contribution in [-0.2, 0) is 19.6 Å². The second kappa shape index (κ2) is 6.53. The average molecular weight is 327 g/mol. The summed E-state index contributed by atoms with van der Waals surface area (Å²) in [5.74, 6) is -0.353. The van der Waals surface area contributed by atoms with E-state index in [9.17, 15) is 13.2 Å². The number of nitrogens with two attached hydrogens (primary N) is 1. The number of benzene rings is 1. The number of carbonyl (C=O) groups excluding carboxylic acids is 1. The van der Waals surface area contributed by atoms with Crippen molar-refractivity contribution in [1.29, 1.82) is 0 Å². The summed E-state index contributed by atoms with van der Waals surface area (Å²) in [4.78, 5) is 11.3. The molecule has 0 spiro atoms. The Hall–Kier alpha value is -0.860. The zero-order valence-electron chi connectivity index (χ0n) is 9.94. The highest BCUT2D eigenvalue weighted by molar-refractivity contribution is 7.89. The molecule has 1 aromatic carbocycles. The van der Waals surface area contributed by atoms with Crippen molar-refractivity contribution in [2.24, 2.45) is 5.14 Å². The van der Waals surface area contributed by atoms with E-state index in [1.165, 1.54) is 7.11 Å². The predicted molar refractivity (Wildman–Crippen MR) is 73.0 cm³/mol. The molecule has 6 nitrogen and oxygen atoms in total. The van der Waals surface area contributed by atoms with Crippen molar-refractivity contribution < 1.29 is 17.9 Å². The van der Waals surface area contributed by atoms with E-state index in [2.05, 4.69) is 5.32 Å². The van der Waals surface area contributed by atoms with Crippen molar-refractivity contribution in [3.63, 3.8) is 0 Å². The third-order valence-electron chi connectivity index (χ3n) is 2.14. The first-order valence-corrected chi connectivity index (χ1v) is 7.36. The molecule has 9 heteroatoms. The first-order chi connectivity index (χ1) is 8.75. The molecule has 0 aliphatic rings. The molecular weight excluding hydrogens is 315 g/mol. The van der Waals surface area contributed by atoms with Gasteiger partial charge in [0.25, 0.3) is 0 Å². The average Bonchev–Trinajstić information content (AvgIpc) is 2.29. The maximum Gasteiger partial charge on any atom is 0.238 e. The van der Waals surface area contributed by atoms with Gasteiger partial charge >= 0.3 is 0 Å². The molecule has 0 fully saturated rings. The minimum Gasteiger partial charge on any atom is -0.384 e. The first-order valence-electron chi connectivity index (χ1n) is 5.06. The van der Waals surface area contributed by atoms with Gasteiger partial charge in [0, 0.05) is 7.11 Å². The van der Waals surface area contributed by atoms with E-state index >= 15 is 0 Å². The van der Waals surface area contributed by atoms with E-state index in [-0.39, 0.29) is 39.6 Å². The summed E-state index contributed by atoms with van der Waals surface area (Å²) in [6, 6.07) is 2.24. The fraction of sp³-hybridized carbons (Fsp3) is 0.300.